The summed E-state index contributed by atoms with van der Waals surface area (Å²) in [5, 5.41) is 13.5. The van der Waals surface area contributed by atoms with E-state index in [9.17, 15) is 9.90 Å². The number of ether oxygens (including phenoxy) is 2. The van der Waals surface area contributed by atoms with Crippen molar-refractivity contribution in [1.29, 1.82) is 0 Å². The molecule has 0 aromatic carbocycles. The molecule has 0 radical (unpaired) electrons. The summed E-state index contributed by atoms with van der Waals surface area (Å²) in [4.78, 5) is 38.0. The first-order valence-electron chi connectivity index (χ1n) is 11.2. The number of nitrogen functional groups attached to an aromatic ring is 1. The van der Waals surface area contributed by atoms with Crippen molar-refractivity contribution in [2.24, 2.45) is 0 Å². The maximum Gasteiger partial charge on any atom is 0.410 e. The number of hydrogen-bond acceptors (Lipinski definition) is 12. The lowest BCUT2D eigenvalue weighted by molar-refractivity contribution is 0.0281. The highest BCUT2D eigenvalue weighted by atomic mass is 16.6. The summed E-state index contributed by atoms with van der Waals surface area (Å²) in [5.74, 6) is 1.28. The van der Waals surface area contributed by atoms with Crippen LogP contribution in [-0.4, -0.2) is 98.2 Å². The van der Waals surface area contributed by atoms with Gasteiger partial charge in [-0.05, 0) is 27.2 Å². The highest BCUT2D eigenvalue weighted by Crippen LogP contribution is 2.28. The summed E-state index contributed by atoms with van der Waals surface area (Å²) >= 11 is 0. The number of nitrogens with zero attached hydrogens (tertiary/aromatic N) is 7. The third kappa shape index (κ3) is 5.59. The molecule has 1 atom stereocenters. The fourth-order valence-corrected chi connectivity index (χ4v) is 3.77. The van der Waals surface area contributed by atoms with Crippen LogP contribution in [0.3, 0.4) is 0 Å². The second-order valence-corrected chi connectivity index (χ2v) is 9.43. The van der Waals surface area contributed by atoms with Crippen molar-refractivity contribution in [2.75, 3.05) is 62.0 Å². The van der Waals surface area contributed by atoms with Crippen molar-refractivity contribution in [3.63, 3.8) is 0 Å². The molecule has 2 fully saturated rings. The fourth-order valence-electron chi connectivity index (χ4n) is 3.77. The Balaban J connectivity index is 1.61. The standard InChI is InChI=1S/C21H31N9O4/c1-20(2,3)34-19(32)30-5-4-21(12-30,13-31)28-17-25-15(14-10-23-16(22)24-11-14)26-18(27-17)29-6-8-33-9-7-29/h10-11,31H,4-9,12-13H2,1-3H3,(H2,22,23,24)(H,25,26,27,28)/t21-/m0/s1. The Morgan fingerprint density at radius 1 is 1.21 bits per heavy atom. The molecule has 13 nitrogen and oxygen atoms in total. The molecule has 2 aliphatic heterocycles. The zero-order chi connectivity index (χ0) is 24.3. The molecule has 2 saturated heterocycles. The Hall–Kier alpha value is -3.32. The average Bonchev–Trinajstić information content (AvgIpc) is 3.23. The Morgan fingerprint density at radius 3 is 2.56 bits per heavy atom. The quantitative estimate of drug-likeness (QED) is 0.552. The van der Waals surface area contributed by atoms with Crippen LogP contribution in [0.25, 0.3) is 11.4 Å². The van der Waals surface area contributed by atoms with Gasteiger partial charge >= 0.3 is 6.09 Å². The summed E-state index contributed by atoms with van der Waals surface area (Å²) in [7, 11) is 0. The van der Waals surface area contributed by atoms with Crippen LogP contribution in [0.15, 0.2) is 12.4 Å². The minimum atomic E-state index is -0.824. The van der Waals surface area contributed by atoms with Gasteiger partial charge in [0.25, 0.3) is 0 Å². The van der Waals surface area contributed by atoms with Crippen molar-refractivity contribution in [3.05, 3.63) is 12.4 Å². The van der Waals surface area contributed by atoms with E-state index in [1.54, 1.807) is 17.3 Å². The number of nitrogens with one attached hydrogen (secondary N) is 1. The number of nitrogens with two attached hydrogens (primary N) is 1. The highest BCUT2D eigenvalue weighted by molar-refractivity contribution is 5.69. The number of aromatic nitrogens is 5. The van der Waals surface area contributed by atoms with Gasteiger partial charge in [-0.25, -0.2) is 14.8 Å². The van der Waals surface area contributed by atoms with E-state index in [1.165, 1.54) is 0 Å². The van der Waals surface area contributed by atoms with Gasteiger partial charge < -0.3 is 35.4 Å². The molecule has 2 aliphatic rings. The first-order chi connectivity index (χ1) is 16.2. The maximum atomic E-state index is 12.6. The van der Waals surface area contributed by atoms with Gasteiger partial charge in [-0.2, -0.15) is 15.0 Å². The molecule has 2 aromatic heterocycles. The molecule has 0 spiro atoms. The van der Waals surface area contributed by atoms with Gasteiger partial charge in [0.1, 0.15) is 5.60 Å². The fraction of sp³-hybridized carbons (Fsp3) is 0.619. The van der Waals surface area contributed by atoms with Crippen LogP contribution >= 0.6 is 0 Å². The summed E-state index contributed by atoms with van der Waals surface area (Å²) in [6, 6.07) is 0. The summed E-state index contributed by atoms with van der Waals surface area (Å²) < 4.78 is 10.9. The van der Waals surface area contributed by atoms with Gasteiger partial charge in [-0.15, -0.1) is 0 Å². The van der Waals surface area contributed by atoms with Crippen molar-refractivity contribution in [2.45, 2.75) is 38.3 Å². The molecular formula is C21H31N9O4. The van der Waals surface area contributed by atoms with Crippen LogP contribution in [-0.2, 0) is 9.47 Å². The third-order valence-corrected chi connectivity index (χ3v) is 5.53. The molecule has 0 aliphatic carbocycles. The van der Waals surface area contributed by atoms with E-state index in [0.717, 1.165) is 0 Å². The summed E-state index contributed by atoms with van der Waals surface area (Å²) in [6.07, 6.45) is 3.17. The summed E-state index contributed by atoms with van der Waals surface area (Å²) in [6.45, 7) is 8.33. The Labute approximate surface area is 197 Å². The van der Waals surface area contributed by atoms with E-state index in [0.29, 0.717) is 56.6 Å². The molecule has 0 unspecified atom stereocenters. The lowest BCUT2D eigenvalue weighted by atomic mass is 10.0. The zero-order valence-electron chi connectivity index (χ0n) is 19.7. The number of carbonyl (C=O) groups is 1. The molecule has 184 valence electrons. The number of hydrogen-bond donors (Lipinski definition) is 3. The molecule has 0 saturated carbocycles. The molecule has 0 bridgehead atoms. The molecule has 1 amide bonds. The van der Waals surface area contributed by atoms with Gasteiger partial charge in [0.2, 0.25) is 17.8 Å². The Kier molecular flexibility index (Phi) is 6.66. The Bertz CT molecular complexity index is 1010. The van der Waals surface area contributed by atoms with E-state index < -0.39 is 17.2 Å². The van der Waals surface area contributed by atoms with Gasteiger partial charge in [0.15, 0.2) is 5.82 Å². The molecule has 4 heterocycles. The van der Waals surface area contributed by atoms with Gasteiger partial charge in [0, 0.05) is 38.6 Å². The van der Waals surface area contributed by atoms with Crippen LogP contribution in [0.1, 0.15) is 27.2 Å². The van der Waals surface area contributed by atoms with Crippen molar-refractivity contribution in [3.8, 4) is 11.4 Å². The smallest absolute Gasteiger partial charge is 0.410 e. The predicted octanol–water partition coefficient (Wildman–Crippen LogP) is 0.531. The molecule has 2 aromatic rings. The second kappa shape index (κ2) is 9.50. The number of aliphatic hydroxyl groups is 1. The second-order valence-electron chi connectivity index (χ2n) is 9.43. The minimum Gasteiger partial charge on any atom is -0.444 e. The van der Waals surface area contributed by atoms with E-state index in [-0.39, 0.29) is 25.0 Å². The number of rotatable bonds is 5. The van der Waals surface area contributed by atoms with Crippen LogP contribution in [0.4, 0.5) is 22.6 Å². The number of aliphatic hydroxyl groups excluding tert-OH is 1. The molecule has 4 rings (SSSR count). The summed E-state index contributed by atoms with van der Waals surface area (Å²) in [5.41, 5.74) is 4.77. The van der Waals surface area contributed by atoms with Crippen molar-refractivity contribution < 1.29 is 19.4 Å². The van der Waals surface area contributed by atoms with Crippen LogP contribution in [0.5, 0.6) is 0 Å². The number of carbonyl (C=O) groups excluding carboxylic acids is 1. The van der Waals surface area contributed by atoms with Crippen molar-refractivity contribution in [1.82, 2.24) is 29.8 Å². The van der Waals surface area contributed by atoms with Crippen molar-refractivity contribution >= 4 is 23.9 Å². The van der Waals surface area contributed by atoms with E-state index in [1.807, 2.05) is 25.7 Å². The van der Waals surface area contributed by atoms with E-state index in [2.05, 4.69) is 30.2 Å². The average molecular weight is 474 g/mol. The monoisotopic (exact) mass is 473 g/mol. The van der Waals surface area contributed by atoms with Crippen LogP contribution < -0.4 is 16.0 Å². The molecule has 34 heavy (non-hydrogen) atoms. The number of anilines is 3. The highest BCUT2D eigenvalue weighted by Gasteiger charge is 2.42. The minimum absolute atomic E-state index is 0.150. The molecule has 4 N–H and O–H groups in total. The maximum absolute atomic E-state index is 12.6. The molecule has 13 heteroatoms. The number of amides is 1. The van der Waals surface area contributed by atoms with E-state index in [4.69, 9.17) is 15.2 Å². The first-order valence-corrected chi connectivity index (χ1v) is 11.2. The lowest BCUT2D eigenvalue weighted by Gasteiger charge is -2.30. The van der Waals surface area contributed by atoms with Crippen LogP contribution in [0.2, 0.25) is 0 Å². The normalized spacial score (nSPS) is 20.9. The zero-order valence-corrected chi connectivity index (χ0v) is 19.7. The third-order valence-electron chi connectivity index (χ3n) is 5.53. The lowest BCUT2D eigenvalue weighted by Crippen LogP contribution is -2.47. The number of morpholine rings is 1. The Morgan fingerprint density at radius 2 is 1.91 bits per heavy atom. The van der Waals surface area contributed by atoms with E-state index >= 15 is 0 Å². The predicted molar refractivity (Wildman–Crippen MR) is 124 cm³/mol. The van der Waals surface area contributed by atoms with Gasteiger partial charge in [0.05, 0.1) is 30.9 Å². The van der Waals surface area contributed by atoms with Gasteiger partial charge in [-0.1, -0.05) is 0 Å². The first kappa shape index (κ1) is 23.8. The van der Waals surface area contributed by atoms with Gasteiger partial charge in [-0.3, -0.25) is 0 Å². The SMILES string of the molecule is CC(C)(C)OC(=O)N1CC[C@](CO)(Nc2nc(-c3cnc(N)nc3)nc(N3CCOCC3)n2)C1. The topological polar surface area (TPSA) is 165 Å². The van der Waals surface area contributed by atoms with Crippen LogP contribution in [0, 0.1) is 0 Å². The molecular weight excluding hydrogens is 442 g/mol. The number of likely N-dealkylation sites (tertiary alicyclic amines) is 1. The largest absolute Gasteiger partial charge is 0.444 e.